The van der Waals surface area contributed by atoms with Gasteiger partial charge in [0.25, 0.3) is 0 Å². The van der Waals surface area contributed by atoms with Crippen LogP contribution in [-0.4, -0.2) is 24.9 Å². The lowest BCUT2D eigenvalue weighted by Crippen LogP contribution is -2.34. The van der Waals surface area contributed by atoms with E-state index in [0.29, 0.717) is 6.54 Å². The van der Waals surface area contributed by atoms with Crippen molar-refractivity contribution in [3.05, 3.63) is 53.6 Å². The van der Waals surface area contributed by atoms with Gasteiger partial charge in [-0.15, -0.1) is 0 Å². The first kappa shape index (κ1) is 18.8. The summed E-state index contributed by atoms with van der Waals surface area (Å²) < 4.78 is 40.0. The van der Waals surface area contributed by atoms with E-state index < -0.39 is 17.6 Å². The van der Waals surface area contributed by atoms with E-state index in [-0.39, 0.29) is 23.8 Å². The van der Waals surface area contributed by atoms with Gasteiger partial charge in [-0.25, -0.2) is 0 Å². The van der Waals surface area contributed by atoms with Crippen molar-refractivity contribution in [3.8, 4) is 0 Å². The first-order valence-corrected chi connectivity index (χ1v) is 8.36. The van der Waals surface area contributed by atoms with Crippen molar-refractivity contribution in [1.29, 1.82) is 0 Å². The standard InChI is InChI=1S/C19H18F3N3O2/c1-12(26)24-14-6-7-16(15(10-14)19(20,21)22)23-11-18(27)25-9-8-13-4-2-3-5-17(13)25/h2-7,10,23H,8-9,11H2,1H3,(H,24,26). The average Bonchev–Trinajstić information content (AvgIpc) is 3.03. The van der Waals surface area contributed by atoms with Gasteiger partial charge in [0.2, 0.25) is 11.8 Å². The number of carbonyl (C=O) groups excluding carboxylic acids is 2. The average molecular weight is 377 g/mol. The SMILES string of the molecule is CC(=O)Nc1ccc(NCC(=O)N2CCc3ccccc32)c(C(F)(F)F)c1. The quantitative estimate of drug-likeness (QED) is 0.855. The lowest BCUT2D eigenvalue weighted by molar-refractivity contribution is -0.137. The zero-order valence-corrected chi connectivity index (χ0v) is 14.6. The number of benzene rings is 2. The van der Waals surface area contributed by atoms with Crippen LogP contribution in [0.15, 0.2) is 42.5 Å². The van der Waals surface area contributed by atoms with Crippen LogP contribution in [0.25, 0.3) is 0 Å². The molecule has 142 valence electrons. The molecule has 0 spiro atoms. The smallest absolute Gasteiger partial charge is 0.376 e. The molecule has 0 radical (unpaired) electrons. The Balaban J connectivity index is 1.76. The van der Waals surface area contributed by atoms with Gasteiger partial charge in [-0.2, -0.15) is 13.2 Å². The Morgan fingerprint density at radius 1 is 1.15 bits per heavy atom. The number of para-hydroxylation sites is 1. The summed E-state index contributed by atoms with van der Waals surface area (Å²) in [7, 11) is 0. The minimum atomic E-state index is -4.62. The van der Waals surface area contributed by atoms with E-state index in [2.05, 4.69) is 10.6 Å². The summed E-state index contributed by atoms with van der Waals surface area (Å²) in [6, 6.07) is 10.9. The maximum atomic E-state index is 13.3. The Hall–Kier alpha value is -3.03. The predicted octanol–water partition coefficient (Wildman–Crippen LogP) is 3.67. The third kappa shape index (κ3) is 4.21. The van der Waals surface area contributed by atoms with E-state index in [1.165, 1.54) is 19.1 Å². The second-order valence-corrected chi connectivity index (χ2v) is 6.22. The van der Waals surface area contributed by atoms with Crippen molar-refractivity contribution >= 4 is 28.9 Å². The number of carbonyl (C=O) groups is 2. The highest BCUT2D eigenvalue weighted by atomic mass is 19.4. The van der Waals surface area contributed by atoms with Crippen molar-refractivity contribution in [1.82, 2.24) is 0 Å². The molecule has 0 unspecified atom stereocenters. The molecule has 2 amide bonds. The number of amides is 2. The molecule has 2 aromatic carbocycles. The minimum absolute atomic E-state index is 0.0418. The van der Waals surface area contributed by atoms with Gasteiger partial charge in [0, 0.05) is 30.5 Å². The summed E-state index contributed by atoms with van der Waals surface area (Å²) in [4.78, 5) is 25.1. The molecule has 0 aliphatic carbocycles. The topological polar surface area (TPSA) is 61.4 Å². The molecule has 1 aliphatic heterocycles. The molecule has 1 heterocycles. The summed E-state index contributed by atoms with van der Waals surface area (Å²) >= 11 is 0. The molecule has 0 aromatic heterocycles. The van der Waals surface area contributed by atoms with Gasteiger partial charge in [0.1, 0.15) is 0 Å². The van der Waals surface area contributed by atoms with E-state index in [4.69, 9.17) is 0 Å². The van der Waals surface area contributed by atoms with E-state index in [9.17, 15) is 22.8 Å². The number of hydrogen-bond donors (Lipinski definition) is 2. The number of hydrogen-bond acceptors (Lipinski definition) is 3. The summed E-state index contributed by atoms with van der Waals surface area (Å²) in [6.07, 6.45) is -3.90. The fraction of sp³-hybridized carbons (Fsp3) is 0.263. The molecule has 0 atom stereocenters. The number of alkyl halides is 3. The number of anilines is 3. The molecule has 27 heavy (non-hydrogen) atoms. The van der Waals surface area contributed by atoms with Crippen molar-refractivity contribution in [2.75, 3.05) is 28.6 Å². The van der Waals surface area contributed by atoms with Gasteiger partial charge in [0.05, 0.1) is 12.1 Å². The Labute approximate surface area is 154 Å². The number of fused-ring (bicyclic) bond motifs is 1. The number of nitrogens with zero attached hydrogens (tertiary/aromatic N) is 1. The first-order chi connectivity index (χ1) is 12.8. The van der Waals surface area contributed by atoms with Crippen LogP contribution < -0.4 is 15.5 Å². The number of nitrogens with one attached hydrogen (secondary N) is 2. The zero-order valence-electron chi connectivity index (χ0n) is 14.6. The van der Waals surface area contributed by atoms with Crippen molar-refractivity contribution in [2.45, 2.75) is 19.5 Å². The largest absolute Gasteiger partial charge is 0.418 e. The van der Waals surface area contributed by atoms with E-state index in [1.54, 1.807) is 4.90 Å². The summed E-state index contributed by atoms with van der Waals surface area (Å²) in [5.74, 6) is -0.772. The summed E-state index contributed by atoms with van der Waals surface area (Å²) in [5.41, 5.74) is 0.726. The maximum Gasteiger partial charge on any atom is 0.418 e. The summed E-state index contributed by atoms with van der Waals surface area (Å²) in [6.45, 7) is 1.45. The highest BCUT2D eigenvalue weighted by molar-refractivity contribution is 5.98. The summed E-state index contributed by atoms with van der Waals surface area (Å²) in [5, 5.41) is 4.91. The normalized spacial score (nSPS) is 13.3. The van der Waals surface area contributed by atoms with Crippen LogP contribution in [0.2, 0.25) is 0 Å². The zero-order chi connectivity index (χ0) is 19.6. The molecule has 5 nitrogen and oxygen atoms in total. The number of halogens is 3. The Kier molecular flexibility index (Phi) is 5.07. The molecule has 1 aliphatic rings. The van der Waals surface area contributed by atoms with Gasteiger partial charge >= 0.3 is 6.18 Å². The predicted molar refractivity (Wildman–Crippen MR) is 96.7 cm³/mol. The van der Waals surface area contributed by atoms with Gasteiger partial charge in [-0.05, 0) is 36.2 Å². The highest BCUT2D eigenvalue weighted by Gasteiger charge is 2.34. The van der Waals surface area contributed by atoms with Crippen LogP contribution >= 0.6 is 0 Å². The van der Waals surface area contributed by atoms with E-state index in [1.807, 2.05) is 24.3 Å². The van der Waals surface area contributed by atoms with Crippen LogP contribution in [0, 0.1) is 0 Å². The Bertz CT molecular complexity index is 881. The van der Waals surface area contributed by atoms with Crippen LogP contribution in [0.3, 0.4) is 0 Å². The minimum Gasteiger partial charge on any atom is -0.376 e. The first-order valence-electron chi connectivity index (χ1n) is 8.36. The second kappa shape index (κ2) is 7.30. The molecule has 3 rings (SSSR count). The lowest BCUT2D eigenvalue weighted by atomic mass is 10.1. The van der Waals surface area contributed by atoms with Crippen molar-refractivity contribution in [2.24, 2.45) is 0 Å². The Morgan fingerprint density at radius 2 is 1.89 bits per heavy atom. The van der Waals surface area contributed by atoms with Gasteiger partial charge in [0.15, 0.2) is 0 Å². The van der Waals surface area contributed by atoms with Crippen LogP contribution in [-0.2, 0) is 22.2 Å². The van der Waals surface area contributed by atoms with Gasteiger partial charge < -0.3 is 15.5 Å². The van der Waals surface area contributed by atoms with Crippen molar-refractivity contribution < 1.29 is 22.8 Å². The molecule has 2 aromatic rings. The Morgan fingerprint density at radius 3 is 2.59 bits per heavy atom. The fourth-order valence-corrected chi connectivity index (χ4v) is 3.08. The third-order valence-corrected chi connectivity index (χ3v) is 4.26. The van der Waals surface area contributed by atoms with E-state index in [0.717, 1.165) is 23.7 Å². The molecular formula is C19H18F3N3O2. The maximum absolute atomic E-state index is 13.3. The molecule has 8 heteroatoms. The molecule has 0 fully saturated rings. The highest BCUT2D eigenvalue weighted by Crippen LogP contribution is 2.36. The monoisotopic (exact) mass is 377 g/mol. The van der Waals surface area contributed by atoms with Crippen LogP contribution in [0.1, 0.15) is 18.1 Å². The van der Waals surface area contributed by atoms with Crippen molar-refractivity contribution in [3.63, 3.8) is 0 Å². The molecule has 0 bridgehead atoms. The fourth-order valence-electron chi connectivity index (χ4n) is 3.08. The lowest BCUT2D eigenvalue weighted by Gasteiger charge is -2.20. The molecule has 2 N–H and O–H groups in total. The molecular weight excluding hydrogens is 359 g/mol. The number of rotatable bonds is 4. The van der Waals surface area contributed by atoms with E-state index >= 15 is 0 Å². The van der Waals surface area contributed by atoms with Gasteiger partial charge in [-0.3, -0.25) is 9.59 Å². The van der Waals surface area contributed by atoms with Crippen LogP contribution in [0.5, 0.6) is 0 Å². The third-order valence-electron chi connectivity index (χ3n) is 4.26. The van der Waals surface area contributed by atoms with Crippen LogP contribution in [0.4, 0.5) is 30.2 Å². The molecule has 0 saturated carbocycles. The second-order valence-electron chi connectivity index (χ2n) is 6.22. The molecule has 0 saturated heterocycles. The van der Waals surface area contributed by atoms with Gasteiger partial charge in [-0.1, -0.05) is 18.2 Å².